The zero-order valence-corrected chi connectivity index (χ0v) is 21.5. The van der Waals surface area contributed by atoms with Crippen molar-refractivity contribution >= 4 is 40.7 Å². The second-order valence-corrected chi connectivity index (χ2v) is 11.9. The second-order valence-electron chi connectivity index (χ2n) is 11.0. The van der Waals surface area contributed by atoms with Crippen LogP contribution in [0.1, 0.15) is 60.3 Å². The Kier molecular flexibility index (Phi) is 5.99. The van der Waals surface area contributed by atoms with Crippen molar-refractivity contribution in [2.45, 2.75) is 76.9 Å². The van der Waals surface area contributed by atoms with Gasteiger partial charge in [0, 0.05) is 23.2 Å². The molecule has 0 aliphatic heterocycles. The highest BCUT2D eigenvalue weighted by Gasteiger charge is 2.76. The summed E-state index contributed by atoms with van der Waals surface area (Å²) in [4.78, 5) is 37.1. The van der Waals surface area contributed by atoms with Crippen LogP contribution in [0.5, 0.6) is 0 Å². The summed E-state index contributed by atoms with van der Waals surface area (Å²) in [5, 5.41) is 11.7. The van der Waals surface area contributed by atoms with E-state index in [1.165, 1.54) is 0 Å². The Morgan fingerprint density at radius 1 is 1.21 bits per heavy atom. The minimum Gasteiger partial charge on any atom is -0.450 e. The van der Waals surface area contributed by atoms with Crippen molar-refractivity contribution in [2.24, 2.45) is 34.5 Å². The number of ketones is 2. The number of aliphatic hydroxyl groups excluding tert-OH is 1. The molecule has 9 atom stereocenters. The Morgan fingerprint density at radius 3 is 2.48 bits per heavy atom. The minimum atomic E-state index is -1.40. The molecule has 3 fully saturated rings. The van der Waals surface area contributed by atoms with Gasteiger partial charge in [-0.2, -0.15) is 0 Å². The number of allylic oxidation sites excluding steroid dienone is 4. The van der Waals surface area contributed by atoms with E-state index in [2.05, 4.69) is 6.92 Å². The number of halogens is 2. The van der Waals surface area contributed by atoms with E-state index in [1.807, 2.05) is 26.8 Å². The van der Waals surface area contributed by atoms with E-state index in [9.17, 15) is 19.5 Å². The topological polar surface area (TPSA) is 80.7 Å². The van der Waals surface area contributed by atoms with Gasteiger partial charge in [-0.3, -0.25) is 14.4 Å². The van der Waals surface area contributed by atoms with E-state index in [-0.39, 0.29) is 54.0 Å². The highest BCUT2D eigenvalue weighted by molar-refractivity contribution is 6.29. The fourth-order valence-corrected chi connectivity index (χ4v) is 8.83. The SMILES string of the molecule is CCC(=O)O[C@]1(C(=O)CCl)[C@@H](C)C[C@H]2[C@@H]3C[C@H](C)C4=CC(=O)C=C[C@]4(C)[C@@]3(Cl)[C@@H](O)C[C@@]21C. The molecule has 0 saturated heterocycles. The molecule has 0 radical (unpaired) electrons. The van der Waals surface area contributed by atoms with Gasteiger partial charge < -0.3 is 9.84 Å². The zero-order valence-electron chi connectivity index (χ0n) is 20.0. The summed E-state index contributed by atoms with van der Waals surface area (Å²) in [5.74, 6) is -1.45. The molecule has 4 aliphatic rings. The van der Waals surface area contributed by atoms with Crippen LogP contribution in [0.3, 0.4) is 0 Å². The summed E-state index contributed by atoms with van der Waals surface area (Å²) < 4.78 is 6.02. The third-order valence-corrected chi connectivity index (χ3v) is 10.8. The molecule has 0 unspecified atom stereocenters. The van der Waals surface area contributed by atoms with E-state index in [0.29, 0.717) is 12.8 Å². The third-order valence-electron chi connectivity index (χ3n) is 9.61. The number of rotatable bonds is 4. The second kappa shape index (κ2) is 7.93. The van der Waals surface area contributed by atoms with Gasteiger partial charge in [0.25, 0.3) is 0 Å². The molecule has 1 N–H and O–H groups in total. The molecule has 7 heteroatoms. The third kappa shape index (κ3) is 2.97. The number of Topliss-reactive ketones (excluding diaryl/α,β-unsaturated/α-hetero) is 1. The molecule has 0 bridgehead atoms. The number of fused-ring (bicyclic) bond motifs is 5. The molecule has 0 heterocycles. The monoisotopic (exact) mass is 496 g/mol. The smallest absolute Gasteiger partial charge is 0.306 e. The highest BCUT2D eigenvalue weighted by atomic mass is 35.5. The molecule has 0 aromatic rings. The first-order valence-corrected chi connectivity index (χ1v) is 12.9. The number of carbonyl (C=O) groups excluding carboxylic acids is 3. The molecular weight excluding hydrogens is 463 g/mol. The molecule has 4 rings (SSSR count). The Balaban J connectivity index is 1.88. The Hall–Kier alpha value is -1.17. The summed E-state index contributed by atoms with van der Waals surface area (Å²) in [7, 11) is 0. The molecule has 0 spiro atoms. The van der Waals surface area contributed by atoms with Gasteiger partial charge in [-0.1, -0.05) is 46.3 Å². The lowest BCUT2D eigenvalue weighted by Crippen LogP contribution is -2.70. The van der Waals surface area contributed by atoms with Crippen LogP contribution in [0.2, 0.25) is 0 Å². The first-order chi connectivity index (χ1) is 15.3. The molecule has 0 aromatic carbocycles. The summed E-state index contributed by atoms with van der Waals surface area (Å²) >= 11 is 13.6. The molecule has 4 aliphatic carbocycles. The number of aliphatic hydroxyl groups is 1. The van der Waals surface area contributed by atoms with Crippen LogP contribution in [-0.2, 0) is 19.1 Å². The van der Waals surface area contributed by atoms with E-state index < -0.39 is 33.4 Å². The summed E-state index contributed by atoms with van der Waals surface area (Å²) in [6.07, 6.45) is 5.79. The first-order valence-electron chi connectivity index (χ1n) is 12.0. The maximum Gasteiger partial charge on any atom is 0.306 e. The summed E-state index contributed by atoms with van der Waals surface area (Å²) in [6.45, 7) is 9.72. The van der Waals surface area contributed by atoms with Gasteiger partial charge in [0.15, 0.2) is 17.2 Å². The number of hydrogen-bond acceptors (Lipinski definition) is 5. The molecule has 0 aromatic heterocycles. The summed E-state index contributed by atoms with van der Waals surface area (Å²) in [6, 6.07) is 0. The largest absolute Gasteiger partial charge is 0.450 e. The van der Waals surface area contributed by atoms with Crippen LogP contribution in [0.15, 0.2) is 23.8 Å². The quantitative estimate of drug-likeness (QED) is 0.453. The van der Waals surface area contributed by atoms with Crippen molar-refractivity contribution < 1.29 is 24.2 Å². The Bertz CT molecular complexity index is 958. The lowest BCUT2D eigenvalue weighted by Gasteiger charge is -2.65. The van der Waals surface area contributed by atoms with Gasteiger partial charge in [-0.15, -0.1) is 23.2 Å². The maximum atomic E-state index is 13.4. The molecule has 3 saturated carbocycles. The van der Waals surface area contributed by atoms with Crippen LogP contribution < -0.4 is 0 Å². The Labute approximate surface area is 205 Å². The fraction of sp³-hybridized carbons (Fsp3) is 0.731. The van der Waals surface area contributed by atoms with E-state index >= 15 is 0 Å². The fourth-order valence-electron chi connectivity index (χ4n) is 8.14. The number of ether oxygens (including phenoxy) is 1. The standard InChI is InChI=1S/C26H34Cl2O5/c1-6-22(32)33-26(21(31)13-27)15(3)10-18-19-9-14(2)17-11-16(29)7-8-23(17,4)25(19,28)20(30)12-24(18,26)5/h7-8,11,14-15,18-20,30H,6,9-10,12-13H2,1-5H3/t14-,15-,18-,19-,20-,23-,24-,25-,26-/m0/s1. The van der Waals surface area contributed by atoms with E-state index in [0.717, 1.165) is 5.57 Å². The van der Waals surface area contributed by atoms with Crippen molar-refractivity contribution in [3.63, 3.8) is 0 Å². The summed E-state index contributed by atoms with van der Waals surface area (Å²) in [5.41, 5.74) is -1.95. The highest BCUT2D eigenvalue weighted by Crippen LogP contribution is 2.72. The average Bonchev–Trinajstić information content (AvgIpc) is 2.98. The molecular formula is C26H34Cl2O5. The number of hydrogen-bond donors (Lipinski definition) is 1. The first kappa shape index (κ1) is 24.9. The van der Waals surface area contributed by atoms with Gasteiger partial charge in [-0.25, -0.2) is 0 Å². The number of alkyl halides is 2. The van der Waals surface area contributed by atoms with Crippen LogP contribution in [-0.4, -0.2) is 45.1 Å². The molecule has 0 amide bonds. The van der Waals surface area contributed by atoms with Gasteiger partial charge in [0.1, 0.15) is 0 Å². The van der Waals surface area contributed by atoms with Gasteiger partial charge >= 0.3 is 5.97 Å². The molecule has 5 nitrogen and oxygen atoms in total. The van der Waals surface area contributed by atoms with Crippen molar-refractivity contribution in [1.29, 1.82) is 0 Å². The Morgan fingerprint density at radius 2 is 1.88 bits per heavy atom. The normalized spacial score (nSPS) is 48.4. The average molecular weight is 497 g/mol. The lowest BCUT2D eigenvalue weighted by molar-refractivity contribution is -0.200. The van der Waals surface area contributed by atoms with E-state index in [4.69, 9.17) is 27.9 Å². The minimum absolute atomic E-state index is 0.0583. The van der Waals surface area contributed by atoms with Gasteiger partial charge in [-0.05, 0) is 49.2 Å². The van der Waals surface area contributed by atoms with Crippen molar-refractivity contribution in [1.82, 2.24) is 0 Å². The van der Waals surface area contributed by atoms with Crippen molar-refractivity contribution in [3.8, 4) is 0 Å². The molecule has 182 valence electrons. The molecule has 33 heavy (non-hydrogen) atoms. The number of carbonyl (C=O) groups is 3. The van der Waals surface area contributed by atoms with Crippen molar-refractivity contribution in [2.75, 3.05) is 5.88 Å². The maximum absolute atomic E-state index is 13.4. The predicted molar refractivity (Wildman–Crippen MR) is 127 cm³/mol. The number of esters is 1. The van der Waals surface area contributed by atoms with Crippen LogP contribution in [0, 0.1) is 34.5 Å². The predicted octanol–water partition coefficient (Wildman–Crippen LogP) is 4.62. The van der Waals surface area contributed by atoms with E-state index in [1.54, 1.807) is 19.1 Å². The van der Waals surface area contributed by atoms with Gasteiger partial charge in [0.2, 0.25) is 0 Å². The van der Waals surface area contributed by atoms with Crippen LogP contribution in [0.4, 0.5) is 0 Å². The lowest BCUT2D eigenvalue weighted by atomic mass is 9.44. The zero-order chi connectivity index (χ0) is 24.6. The van der Waals surface area contributed by atoms with Crippen molar-refractivity contribution in [3.05, 3.63) is 23.8 Å². The van der Waals surface area contributed by atoms with Gasteiger partial charge in [0.05, 0.1) is 16.9 Å². The van der Waals surface area contributed by atoms with Crippen LogP contribution in [0.25, 0.3) is 0 Å². The van der Waals surface area contributed by atoms with Crippen LogP contribution >= 0.6 is 23.2 Å².